The van der Waals surface area contributed by atoms with Crippen molar-refractivity contribution in [3.63, 3.8) is 0 Å². The molecule has 1 heterocycles. The van der Waals surface area contributed by atoms with Crippen molar-refractivity contribution in [2.75, 3.05) is 12.8 Å². The van der Waals surface area contributed by atoms with Gasteiger partial charge in [0.25, 0.3) is 0 Å². The van der Waals surface area contributed by atoms with Gasteiger partial charge in [0.1, 0.15) is 0 Å². The van der Waals surface area contributed by atoms with Crippen molar-refractivity contribution < 1.29 is 8.42 Å². The van der Waals surface area contributed by atoms with Gasteiger partial charge in [-0.15, -0.1) is 0 Å². The second kappa shape index (κ2) is 3.23. The second-order valence-corrected chi connectivity index (χ2v) is 6.54. The van der Waals surface area contributed by atoms with Gasteiger partial charge in [0, 0.05) is 5.92 Å². The number of sulfonamides is 1. The highest BCUT2D eigenvalue weighted by Gasteiger charge is 2.41. The molecule has 0 saturated carbocycles. The highest BCUT2D eigenvalue weighted by Crippen LogP contribution is 2.47. The zero-order valence-corrected chi connectivity index (χ0v) is 10.2. The van der Waals surface area contributed by atoms with Crippen LogP contribution in [0.5, 0.6) is 0 Å². The molecular weight excluding hydrogens is 236 g/mol. The number of hydrogen-bond acceptors (Lipinski definition) is 3. The molecule has 0 spiro atoms. The van der Waals surface area contributed by atoms with Crippen LogP contribution < -0.4 is 0 Å². The van der Waals surface area contributed by atoms with Crippen LogP contribution in [0.2, 0.25) is 0 Å². The number of rotatable bonds is 1. The van der Waals surface area contributed by atoms with E-state index in [1.54, 1.807) is 0 Å². The first-order valence-electron chi connectivity index (χ1n) is 5.52. The van der Waals surface area contributed by atoms with E-state index in [2.05, 4.69) is 12.1 Å². The molecule has 17 heavy (non-hydrogen) atoms. The molecule has 2 unspecified atom stereocenters. The summed E-state index contributed by atoms with van der Waals surface area (Å²) in [5, 5.41) is 9.24. The van der Waals surface area contributed by atoms with Gasteiger partial charge in [0.15, 0.2) is 0 Å². The lowest BCUT2D eigenvalue weighted by Crippen LogP contribution is -2.32. The summed E-state index contributed by atoms with van der Waals surface area (Å²) in [4.78, 5) is 0. The van der Waals surface area contributed by atoms with Gasteiger partial charge in [-0.25, -0.2) is 8.42 Å². The van der Waals surface area contributed by atoms with E-state index in [1.165, 1.54) is 10.6 Å². The molecule has 0 amide bonds. The lowest BCUT2D eigenvalue weighted by atomic mass is 9.69. The molecule has 0 saturated heterocycles. The molecule has 0 aromatic rings. The van der Waals surface area contributed by atoms with Crippen LogP contribution in [0.3, 0.4) is 0 Å². The number of nitriles is 1. The van der Waals surface area contributed by atoms with Crippen molar-refractivity contribution in [3.05, 3.63) is 35.1 Å². The first-order valence-corrected chi connectivity index (χ1v) is 7.36. The Morgan fingerprint density at radius 1 is 1.47 bits per heavy atom. The van der Waals surface area contributed by atoms with Crippen LogP contribution in [0.4, 0.5) is 0 Å². The normalized spacial score (nSPS) is 30.4. The van der Waals surface area contributed by atoms with Gasteiger partial charge in [-0.05, 0) is 23.6 Å². The highest BCUT2D eigenvalue weighted by molar-refractivity contribution is 7.88. The predicted molar refractivity (Wildman–Crippen MR) is 63.0 cm³/mol. The maximum Gasteiger partial charge on any atom is 0.232 e. The minimum absolute atomic E-state index is 0.179. The molecule has 3 aliphatic rings. The fourth-order valence-electron chi connectivity index (χ4n) is 2.70. The van der Waals surface area contributed by atoms with Crippen LogP contribution >= 0.6 is 0 Å². The summed E-state index contributed by atoms with van der Waals surface area (Å²) in [6, 6.07) is 2.31. The predicted octanol–water partition coefficient (Wildman–Crippen LogP) is 1.17. The maximum atomic E-state index is 11.6. The molecule has 0 fully saturated rings. The standard InChI is InChI=1S/C12H12N2O2S/c1-17(15,16)14-5-4-10-11(7-13)9-3-2-8(9)6-12(10)14/h2,4,6,9,11H,3,5H2,1H3. The minimum atomic E-state index is -3.25. The van der Waals surface area contributed by atoms with Gasteiger partial charge in [-0.2, -0.15) is 5.26 Å². The first kappa shape index (κ1) is 10.6. The molecule has 2 atom stereocenters. The van der Waals surface area contributed by atoms with Gasteiger partial charge < -0.3 is 0 Å². The van der Waals surface area contributed by atoms with Crippen LogP contribution in [0.1, 0.15) is 6.42 Å². The quantitative estimate of drug-likeness (QED) is 0.700. The smallest absolute Gasteiger partial charge is 0.232 e. The average molecular weight is 248 g/mol. The summed E-state index contributed by atoms with van der Waals surface area (Å²) in [6.07, 6.45) is 7.98. The van der Waals surface area contributed by atoms with Gasteiger partial charge in [-0.1, -0.05) is 12.2 Å². The Hall–Kier alpha value is -1.54. The van der Waals surface area contributed by atoms with E-state index in [-0.39, 0.29) is 11.8 Å². The Balaban J connectivity index is 2.10. The summed E-state index contributed by atoms with van der Waals surface area (Å²) in [5.41, 5.74) is 2.69. The zero-order valence-electron chi connectivity index (χ0n) is 9.42. The van der Waals surface area contributed by atoms with E-state index in [1.807, 2.05) is 12.2 Å². The van der Waals surface area contributed by atoms with Crippen molar-refractivity contribution >= 4 is 10.0 Å². The summed E-state index contributed by atoms with van der Waals surface area (Å²) in [6.45, 7) is 0.359. The van der Waals surface area contributed by atoms with Gasteiger partial charge >= 0.3 is 0 Å². The van der Waals surface area contributed by atoms with Crippen LogP contribution in [-0.2, 0) is 10.0 Å². The molecule has 1 aliphatic heterocycles. The number of allylic oxidation sites excluding steroid dienone is 4. The van der Waals surface area contributed by atoms with Crippen molar-refractivity contribution in [3.8, 4) is 6.07 Å². The van der Waals surface area contributed by atoms with Gasteiger partial charge in [0.05, 0.1) is 30.5 Å². The summed E-state index contributed by atoms with van der Waals surface area (Å²) in [7, 11) is -3.25. The number of hydrogen-bond donors (Lipinski definition) is 0. The van der Waals surface area contributed by atoms with E-state index in [9.17, 15) is 13.7 Å². The Morgan fingerprint density at radius 2 is 2.24 bits per heavy atom. The Bertz CT molecular complexity index is 619. The Kier molecular flexibility index (Phi) is 2.02. The summed E-state index contributed by atoms with van der Waals surface area (Å²) in [5.74, 6) is 0.0938. The molecule has 5 heteroatoms. The van der Waals surface area contributed by atoms with E-state index in [4.69, 9.17) is 0 Å². The van der Waals surface area contributed by atoms with Crippen LogP contribution in [0.25, 0.3) is 0 Å². The van der Waals surface area contributed by atoms with Crippen molar-refractivity contribution in [2.45, 2.75) is 6.42 Å². The SMILES string of the molecule is CS(=O)(=O)N1CC=C2C1=CC1=CCC1C2C#N. The monoisotopic (exact) mass is 248 g/mol. The van der Waals surface area contributed by atoms with E-state index in [0.29, 0.717) is 12.2 Å². The lowest BCUT2D eigenvalue weighted by molar-refractivity contribution is 0.459. The summed E-state index contributed by atoms with van der Waals surface area (Å²) < 4.78 is 24.7. The fraction of sp³-hybridized carbons (Fsp3) is 0.417. The second-order valence-electron chi connectivity index (χ2n) is 4.64. The van der Waals surface area contributed by atoms with Crippen molar-refractivity contribution in [2.24, 2.45) is 11.8 Å². The lowest BCUT2D eigenvalue weighted by Gasteiger charge is -2.36. The van der Waals surface area contributed by atoms with Gasteiger partial charge in [-0.3, -0.25) is 4.31 Å². The minimum Gasteiger partial charge on any atom is -0.266 e. The first-order chi connectivity index (χ1) is 8.02. The molecule has 3 rings (SSSR count). The molecule has 0 N–H and O–H groups in total. The molecule has 88 valence electrons. The van der Waals surface area contributed by atoms with Crippen LogP contribution in [0, 0.1) is 23.2 Å². The molecule has 0 radical (unpaired) electrons. The molecule has 0 aromatic carbocycles. The zero-order chi connectivity index (χ0) is 12.2. The largest absolute Gasteiger partial charge is 0.266 e. The van der Waals surface area contributed by atoms with Crippen molar-refractivity contribution in [1.29, 1.82) is 5.26 Å². The number of nitrogens with zero attached hydrogens (tertiary/aromatic N) is 2. The van der Waals surface area contributed by atoms with E-state index >= 15 is 0 Å². The average Bonchev–Trinajstić information content (AvgIpc) is 2.63. The van der Waals surface area contributed by atoms with E-state index < -0.39 is 10.0 Å². The topological polar surface area (TPSA) is 61.2 Å². The Labute approximate surface area is 101 Å². The number of fused-ring (bicyclic) bond motifs is 2. The maximum absolute atomic E-state index is 11.6. The Morgan fingerprint density at radius 3 is 2.76 bits per heavy atom. The van der Waals surface area contributed by atoms with Crippen molar-refractivity contribution in [1.82, 2.24) is 4.31 Å². The third-order valence-corrected chi connectivity index (χ3v) is 4.80. The highest BCUT2D eigenvalue weighted by atomic mass is 32.2. The van der Waals surface area contributed by atoms with E-state index in [0.717, 1.165) is 17.6 Å². The molecular formula is C12H12N2O2S. The third kappa shape index (κ3) is 1.37. The third-order valence-electron chi connectivity index (χ3n) is 3.66. The van der Waals surface area contributed by atoms with Gasteiger partial charge in [0.2, 0.25) is 10.0 Å². The van der Waals surface area contributed by atoms with Crippen LogP contribution in [-0.4, -0.2) is 25.5 Å². The molecule has 0 bridgehead atoms. The fourth-order valence-corrected chi connectivity index (χ4v) is 3.56. The molecule has 4 nitrogen and oxygen atoms in total. The van der Waals surface area contributed by atoms with Crippen LogP contribution in [0.15, 0.2) is 35.1 Å². The molecule has 0 aromatic heterocycles. The summed E-state index contributed by atoms with van der Waals surface area (Å²) >= 11 is 0. The molecule has 2 aliphatic carbocycles.